The fourth-order valence-corrected chi connectivity index (χ4v) is 2.18. The van der Waals surface area contributed by atoms with Crippen molar-refractivity contribution in [3.63, 3.8) is 0 Å². The summed E-state index contributed by atoms with van der Waals surface area (Å²) in [6, 6.07) is 11.2. The zero-order chi connectivity index (χ0) is 13.9. The van der Waals surface area contributed by atoms with Crippen molar-refractivity contribution >= 4 is 5.78 Å². The Morgan fingerprint density at radius 3 is 2.60 bits per heavy atom. The Morgan fingerprint density at radius 1 is 1.05 bits per heavy atom. The Kier molecular flexibility index (Phi) is 3.37. The van der Waals surface area contributed by atoms with Crippen molar-refractivity contribution in [2.75, 3.05) is 13.2 Å². The van der Waals surface area contributed by atoms with E-state index in [0.29, 0.717) is 30.3 Å². The molecule has 2 aromatic carbocycles. The highest BCUT2D eigenvalue weighted by Gasteiger charge is 2.20. The van der Waals surface area contributed by atoms with E-state index in [4.69, 9.17) is 9.47 Å². The Labute approximate surface area is 115 Å². The smallest absolute Gasteiger partial charge is 0.172 e. The quantitative estimate of drug-likeness (QED) is 0.806. The summed E-state index contributed by atoms with van der Waals surface area (Å²) in [5.41, 5.74) is 1.28. The van der Waals surface area contributed by atoms with Gasteiger partial charge in [0.1, 0.15) is 19.0 Å². The number of halogens is 1. The molecule has 0 radical (unpaired) electrons. The molecule has 0 saturated carbocycles. The minimum absolute atomic E-state index is 0.0704. The average Bonchev–Trinajstić information content (AvgIpc) is 2.49. The van der Waals surface area contributed by atoms with Gasteiger partial charge < -0.3 is 9.47 Å². The molecule has 0 bridgehead atoms. The van der Waals surface area contributed by atoms with Crippen LogP contribution in [0, 0.1) is 5.82 Å². The van der Waals surface area contributed by atoms with Crippen LogP contribution in [0.3, 0.4) is 0 Å². The number of Topliss-reactive ketones (excluding diaryl/α,β-unsaturated/α-hetero) is 1. The van der Waals surface area contributed by atoms with Gasteiger partial charge in [-0.25, -0.2) is 4.39 Å². The minimum atomic E-state index is -0.310. The number of para-hydroxylation sites is 1. The summed E-state index contributed by atoms with van der Waals surface area (Å²) in [5, 5.41) is 0. The molecule has 20 heavy (non-hydrogen) atoms. The molecule has 3 rings (SSSR count). The van der Waals surface area contributed by atoms with Gasteiger partial charge in [0, 0.05) is 6.42 Å². The Balaban J connectivity index is 1.85. The van der Waals surface area contributed by atoms with Gasteiger partial charge in [0.2, 0.25) is 0 Å². The monoisotopic (exact) mass is 272 g/mol. The lowest BCUT2D eigenvalue weighted by Gasteiger charge is -2.20. The van der Waals surface area contributed by atoms with Crippen LogP contribution in [-0.2, 0) is 6.42 Å². The maximum atomic E-state index is 12.9. The Hall–Kier alpha value is -2.36. The van der Waals surface area contributed by atoms with Crippen LogP contribution < -0.4 is 9.47 Å². The number of ketones is 1. The van der Waals surface area contributed by atoms with Gasteiger partial charge in [0.15, 0.2) is 17.3 Å². The summed E-state index contributed by atoms with van der Waals surface area (Å²) in [7, 11) is 0. The van der Waals surface area contributed by atoms with E-state index < -0.39 is 0 Å². The normalized spacial score (nSPS) is 13.1. The van der Waals surface area contributed by atoms with Gasteiger partial charge in [-0.3, -0.25) is 4.79 Å². The molecule has 0 fully saturated rings. The van der Waals surface area contributed by atoms with E-state index >= 15 is 0 Å². The van der Waals surface area contributed by atoms with E-state index in [1.165, 1.54) is 12.1 Å². The van der Waals surface area contributed by atoms with Crippen LogP contribution in [0.25, 0.3) is 0 Å². The van der Waals surface area contributed by atoms with E-state index in [9.17, 15) is 9.18 Å². The van der Waals surface area contributed by atoms with Crippen LogP contribution in [0.1, 0.15) is 15.9 Å². The first-order chi connectivity index (χ1) is 9.74. The van der Waals surface area contributed by atoms with Crippen LogP contribution in [-0.4, -0.2) is 19.0 Å². The molecule has 0 atom stereocenters. The van der Waals surface area contributed by atoms with E-state index in [0.717, 1.165) is 5.56 Å². The highest BCUT2D eigenvalue weighted by molar-refractivity contribution is 6.00. The van der Waals surface area contributed by atoms with Crippen molar-refractivity contribution in [1.29, 1.82) is 0 Å². The molecule has 3 nitrogen and oxygen atoms in total. The van der Waals surface area contributed by atoms with Crippen LogP contribution in [0.2, 0.25) is 0 Å². The summed E-state index contributed by atoms with van der Waals surface area (Å²) in [6.45, 7) is 0.927. The minimum Gasteiger partial charge on any atom is -0.486 e. The maximum absolute atomic E-state index is 12.9. The third-order valence-corrected chi connectivity index (χ3v) is 3.14. The fraction of sp³-hybridized carbons (Fsp3) is 0.188. The molecule has 0 spiro atoms. The van der Waals surface area contributed by atoms with Crippen molar-refractivity contribution in [2.45, 2.75) is 6.42 Å². The zero-order valence-corrected chi connectivity index (χ0v) is 10.8. The van der Waals surface area contributed by atoms with E-state index in [2.05, 4.69) is 0 Å². The average molecular weight is 272 g/mol. The highest BCUT2D eigenvalue weighted by atomic mass is 19.1. The molecular weight excluding hydrogens is 259 g/mol. The second kappa shape index (κ2) is 5.33. The van der Waals surface area contributed by atoms with E-state index in [1.54, 1.807) is 30.3 Å². The standard InChI is InChI=1S/C16H13FO3/c17-12-6-4-11(5-7-12)10-14(18)13-2-1-3-15-16(13)20-9-8-19-15/h1-7H,8-10H2. The first-order valence-corrected chi connectivity index (χ1v) is 6.40. The number of hydrogen-bond donors (Lipinski definition) is 0. The summed E-state index contributed by atoms with van der Waals surface area (Å²) in [6.07, 6.45) is 0.208. The highest BCUT2D eigenvalue weighted by Crippen LogP contribution is 2.34. The van der Waals surface area contributed by atoms with Crippen LogP contribution >= 0.6 is 0 Å². The zero-order valence-electron chi connectivity index (χ0n) is 10.8. The molecule has 0 aliphatic carbocycles. The first-order valence-electron chi connectivity index (χ1n) is 6.40. The van der Waals surface area contributed by atoms with Gasteiger partial charge in [-0.2, -0.15) is 0 Å². The van der Waals surface area contributed by atoms with Crippen LogP contribution in [0.5, 0.6) is 11.5 Å². The van der Waals surface area contributed by atoms with Crippen molar-refractivity contribution < 1.29 is 18.7 Å². The molecule has 2 aromatic rings. The summed E-state index contributed by atoms with van der Waals surface area (Å²) < 4.78 is 23.8. The lowest BCUT2D eigenvalue weighted by Crippen LogP contribution is -2.18. The van der Waals surface area contributed by atoms with Gasteiger partial charge in [-0.15, -0.1) is 0 Å². The Morgan fingerprint density at radius 2 is 1.80 bits per heavy atom. The first kappa shape index (κ1) is 12.7. The number of hydrogen-bond acceptors (Lipinski definition) is 3. The van der Waals surface area contributed by atoms with Gasteiger partial charge in [0.25, 0.3) is 0 Å². The van der Waals surface area contributed by atoms with Crippen molar-refractivity contribution in [2.24, 2.45) is 0 Å². The van der Waals surface area contributed by atoms with Gasteiger partial charge in [-0.1, -0.05) is 18.2 Å². The predicted molar refractivity (Wildman–Crippen MR) is 71.9 cm³/mol. The van der Waals surface area contributed by atoms with E-state index in [-0.39, 0.29) is 18.0 Å². The number of benzene rings is 2. The second-order valence-electron chi connectivity index (χ2n) is 4.56. The number of carbonyl (C=O) groups is 1. The largest absolute Gasteiger partial charge is 0.486 e. The Bertz CT molecular complexity index is 635. The number of fused-ring (bicyclic) bond motifs is 1. The van der Waals surface area contributed by atoms with Gasteiger partial charge in [-0.05, 0) is 29.8 Å². The third-order valence-electron chi connectivity index (χ3n) is 3.14. The third kappa shape index (κ3) is 2.50. The molecule has 0 saturated heterocycles. The second-order valence-corrected chi connectivity index (χ2v) is 4.56. The molecule has 0 aromatic heterocycles. The maximum Gasteiger partial charge on any atom is 0.172 e. The molecular formula is C16H13FO3. The molecule has 1 heterocycles. The SMILES string of the molecule is O=C(Cc1ccc(F)cc1)c1cccc2c1OCCO2. The number of ether oxygens (including phenoxy) is 2. The lowest BCUT2D eigenvalue weighted by molar-refractivity contribution is 0.0981. The lowest BCUT2D eigenvalue weighted by atomic mass is 10.0. The summed E-state index contributed by atoms with van der Waals surface area (Å²) in [5.74, 6) is 0.723. The molecule has 4 heteroatoms. The molecule has 0 unspecified atom stereocenters. The van der Waals surface area contributed by atoms with Crippen molar-refractivity contribution in [1.82, 2.24) is 0 Å². The number of rotatable bonds is 3. The van der Waals surface area contributed by atoms with Crippen LogP contribution in [0.15, 0.2) is 42.5 Å². The predicted octanol–water partition coefficient (Wildman–Crippen LogP) is 3.02. The molecule has 1 aliphatic heterocycles. The number of carbonyl (C=O) groups excluding carboxylic acids is 1. The summed E-state index contributed by atoms with van der Waals surface area (Å²) in [4.78, 5) is 12.3. The molecule has 0 N–H and O–H groups in total. The van der Waals surface area contributed by atoms with Crippen LogP contribution in [0.4, 0.5) is 4.39 Å². The molecule has 1 aliphatic rings. The molecule has 0 amide bonds. The summed E-state index contributed by atoms with van der Waals surface area (Å²) >= 11 is 0. The van der Waals surface area contributed by atoms with Crippen molar-refractivity contribution in [3.05, 3.63) is 59.4 Å². The molecule has 102 valence electrons. The fourth-order valence-electron chi connectivity index (χ4n) is 2.18. The van der Waals surface area contributed by atoms with Gasteiger partial charge in [0.05, 0.1) is 5.56 Å². The van der Waals surface area contributed by atoms with E-state index in [1.807, 2.05) is 0 Å². The van der Waals surface area contributed by atoms with Crippen molar-refractivity contribution in [3.8, 4) is 11.5 Å². The van der Waals surface area contributed by atoms with Gasteiger partial charge >= 0.3 is 0 Å². The topological polar surface area (TPSA) is 35.5 Å².